The molecule has 0 aliphatic heterocycles. The molecule has 5 nitrogen and oxygen atoms in total. The molecular formula is C15H19FN2O3. The van der Waals surface area contributed by atoms with E-state index < -0.39 is 23.2 Å². The number of aliphatic carboxylic acids is 1. The molecule has 1 aromatic carbocycles. The molecule has 6 heteroatoms. The molecule has 1 saturated carbocycles. The molecule has 0 radical (unpaired) electrons. The Morgan fingerprint density at radius 2 is 2.00 bits per heavy atom. The van der Waals surface area contributed by atoms with E-state index in [-0.39, 0.29) is 6.54 Å². The zero-order valence-corrected chi connectivity index (χ0v) is 11.9. The molecule has 3 N–H and O–H groups in total. The summed E-state index contributed by atoms with van der Waals surface area (Å²) in [5, 5.41) is 14.5. The SMILES string of the molecule is Cc1c(F)cccc1NC(=O)NCC1(C(=O)O)CCCC1. The predicted octanol–water partition coefficient (Wildman–Crippen LogP) is 2.90. The van der Waals surface area contributed by atoms with Crippen molar-refractivity contribution in [2.75, 3.05) is 11.9 Å². The van der Waals surface area contributed by atoms with E-state index in [9.17, 15) is 19.1 Å². The fraction of sp³-hybridized carbons (Fsp3) is 0.467. The summed E-state index contributed by atoms with van der Waals surface area (Å²) in [6.07, 6.45) is 2.86. The van der Waals surface area contributed by atoms with Crippen molar-refractivity contribution in [3.8, 4) is 0 Å². The first-order valence-electron chi connectivity index (χ1n) is 6.98. The van der Waals surface area contributed by atoms with Crippen LogP contribution in [0.15, 0.2) is 18.2 Å². The molecule has 0 heterocycles. The number of carboxylic acids is 1. The number of nitrogens with one attached hydrogen (secondary N) is 2. The lowest BCUT2D eigenvalue weighted by molar-refractivity contribution is -0.148. The van der Waals surface area contributed by atoms with Crippen molar-refractivity contribution in [2.45, 2.75) is 32.6 Å². The van der Waals surface area contributed by atoms with Crippen LogP contribution in [0.1, 0.15) is 31.2 Å². The van der Waals surface area contributed by atoms with Gasteiger partial charge in [0, 0.05) is 17.8 Å². The summed E-state index contributed by atoms with van der Waals surface area (Å²) >= 11 is 0. The molecule has 0 saturated heterocycles. The average Bonchev–Trinajstić information content (AvgIpc) is 2.92. The fourth-order valence-electron chi connectivity index (χ4n) is 2.68. The van der Waals surface area contributed by atoms with E-state index >= 15 is 0 Å². The molecule has 1 aromatic rings. The number of rotatable bonds is 4. The number of carboxylic acid groups (broad SMARTS) is 1. The van der Waals surface area contributed by atoms with Gasteiger partial charge in [-0.1, -0.05) is 18.9 Å². The number of hydrogen-bond acceptors (Lipinski definition) is 2. The maximum atomic E-state index is 13.4. The van der Waals surface area contributed by atoms with E-state index in [1.165, 1.54) is 12.1 Å². The van der Waals surface area contributed by atoms with Crippen molar-refractivity contribution in [1.82, 2.24) is 5.32 Å². The zero-order valence-electron chi connectivity index (χ0n) is 11.9. The summed E-state index contributed by atoms with van der Waals surface area (Å²) in [7, 11) is 0. The Bertz CT molecular complexity index is 554. The van der Waals surface area contributed by atoms with Gasteiger partial charge in [0.25, 0.3) is 0 Å². The van der Waals surface area contributed by atoms with Crippen LogP contribution in [0, 0.1) is 18.2 Å². The van der Waals surface area contributed by atoms with Gasteiger partial charge in [0.2, 0.25) is 0 Å². The van der Waals surface area contributed by atoms with E-state index in [1.54, 1.807) is 13.0 Å². The van der Waals surface area contributed by atoms with Gasteiger partial charge in [0.15, 0.2) is 0 Å². The zero-order chi connectivity index (χ0) is 15.5. The highest BCUT2D eigenvalue weighted by atomic mass is 19.1. The van der Waals surface area contributed by atoms with Gasteiger partial charge in [0.05, 0.1) is 5.41 Å². The van der Waals surface area contributed by atoms with Gasteiger partial charge < -0.3 is 15.7 Å². The van der Waals surface area contributed by atoms with Crippen molar-refractivity contribution in [1.29, 1.82) is 0 Å². The molecule has 1 aliphatic carbocycles. The van der Waals surface area contributed by atoms with Crippen LogP contribution in [-0.4, -0.2) is 23.7 Å². The number of hydrogen-bond donors (Lipinski definition) is 3. The first-order chi connectivity index (χ1) is 9.94. The molecule has 0 aromatic heterocycles. The van der Waals surface area contributed by atoms with Crippen LogP contribution >= 0.6 is 0 Å². The monoisotopic (exact) mass is 294 g/mol. The number of carbonyl (C=O) groups is 2. The summed E-state index contributed by atoms with van der Waals surface area (Å²) in [5.74, 6) is -1.27. The third-order valence-electron chi connectivity index (χ3n) is 4.12. The van der Waals surface area contributed by atoms with Crippen LogP contribution in [-0.2, 0) is 4.79 Å². The Balaban J connectivity index is 1.96. The minimum atomic E-state index is -0.873. The highest BCUT2D eigenvalue weighted by molar-refractivity contribution is 5.90. The van der Waals surface area contributed by atoms with Crippen LogP contribution < -0.4 is 10.6 Å². The summed E-state index contributed by atoms with van der Waals surface area (Å²) in [6, 6.07) is 3.90. The van der Waals surface area contributed by atoms with Crippen LogP contribution in [0.4, 0.5) is 14.9 Å². The highest BCUT2D eigenvalue weighted by Gasteiger charge is 2.41. The molecule has 0 spiro atoms. The quantitative estimate of drug-likeness (QED) is 0.799. The van der Waals surface area contributed by atoms with E-state index in [0.717, 1.165) is 12.8 Å². The highest BCUT2D eigenvalue weighted by Crippen LogP contribution is 2.37. The van der Waals surface area contributed by atoms with Gasteiger partial charge in [-0.25, -0.2) is 9.18 Å². The second-order valence-corrected chi connectivity index (χ2v) is 5.51. The number of carbonyl (C=O) groups excluding carboxylic acids is 1. The van der Waals surface area contributed by atoms with Crippen LogP contribution in [0.5, 0.6) is 0 Å². The Kier molecular flexibility index (Phi) is 4.45. The van der Waals surface area contributed by atoms with Gasteiger partial charge in [-0.3, -0.25) is 4.79 Å². The first-order valence-corrected chi connectivity index (χ1v) is 6.98. The van der Waals surface area contributed by atoms with Crippen LogP contribution in [0.3, 0.4) is 0 Å². The molecule has 21 heavy (non-hydrogen) atoms. The van der Waals surface area contributed by atoms with Crippen molar-refractivity contribution in [3.05, 3.63) is 29.6 Å². The molecular weight excluding hydrogens is 275 g/mol. The van der Waals surface area contributed by atoms with Gasteiger partial charge in [-0.15, -0.1) is 0 Å². The van der Waals surface area contributed by atoms with Crippen molar-refractivity contribution in [3.63, 3.8) is 0 Å². The van der Waals surface area contributed by atoms with Gasteiger partial charge in [0.1, 0.15) is 5.82 Å². The van der Waals surface area contributed by atoms with E-state index in [2.05, 4.69) is 10.6 Å². The summed E-state index contributed by atoms with van der Waals surface area (Å²) in [4.78, 5) is 23.2. The number of anilines is 1. The maximum absolute atomic E-state index is 13.4. The molecule has 2 rings (SSSR count). The number of benzene rings is 1. The topological polar surface area (TPSA) is 78.4 Å². The largest absolute Gasteiger partial charge is 0.481 e. The Hall–Kier alpha value is -2.11. The van der Waals surface area contributed by atoms with Gasteiger partial charge >= 0.3 is 12.0 Å². The second kappa shape index (κ2) is 6.11. The van der Waals surface area contributed by atoms with Gasteiger partial charge in [-0.05, 0) is 31.9 Å². The van der Waals surface area contributed by atoms with Crippen LogP contribution in [0.25, 0.3) is 0 Å². The second-order valence-electron chi connectivity index (χ2n) is 5.51. The predicted molar refractivity (Wildman–Crippen MR) is 76.7 cm³/mol. The lowest BCUT2D eigenvalue weighted by atomic mass is 9.86. The number of halogens is 1. The Morgan fingerprint density at radius 3 is 2.62 bits per heavy atom. The standard InChI is InChI=1S/C15H19FN2O3/c1-10-11(16)5-4-6-12(10)18-14(21)17-9-15(13(19)20)7-2-3-8-15/h4-6H,2-3,7-9H2,1H3,(H,19,20)(H2,17,18,21). The molecule has 0 bridgehead atoms. The minimum absolute atomic E-state index is 0.0858. The molecule has 0 atom stereocenters. The first kappa shape index (κ1) is 15.3. The lowest BCUT2D eigenvalue weighted by Gasteiger charge is -2.24. The van der Waals surface area contributed by atoms with Crippen molar-refractivity contribution in [2.24, 2.45) is 5.41 Å². The van der Waals surface area contributed by atoms with Crippen molar-refractivity contribution >= 4 is 17.7 Å². The number of amides is 2. The molecule has 1 fully saturated rings. The minimum Gasteiger partial charge on any atom is -0.481 e. The third-order valence-corrected chi connectivity index (χ3v) is 4.12. The maximum Gasteiger partial charge on any atom is 0.319 e. The summed E-state index contributed by atoms with van der Waals surface area (Å²) in [5.41, 5.74) is -0.140. The van der Waals surface area contributed by atoms with Crippen molar-refractivity contribution < 1.29 is 19.1 Å². The van der Waals surface area contributed by atoms with Gasteiger partial charge in [-0.2, -0.15) is 0 Å². The smallest absolute Gasteiger partial charge is 0.319 e. The third kappa shape index (κ3) is 3.32. The van der Waals surface area contributed by atoms with E-state index in [1.807, 2.05) is 0 Å². The normalized spacial score (nSPS) is 16.5. The van der Waals surface area contributed by atoms with E-state index in [4.69, 9.17) is 0 Å². The lowest BCUT2D eigenvalue weighted by Crippen LogP contribution is -2.42. The molecule has 114 valence electrons. The van der Waals surface area contributed by atoms with Crippen LogP contribution in [0.2, 0.25) is 0 Å². The summed E-state index contributed by atoms with van der Waals surface area (Å²) < 4.78 is 13.4. The Labute approximate surface area is 122 Å². The van der Waals surface area contributed by atoms with E-state index in [0.29, 0.717) is 24.1 Å². The molecule has 1 aliphatic rings. The average molecular weight is 294 g/mol. The molecule has 2 amide bonds. The number of urea groups is 1. The fourth-order valence-corrected chi connectivity index (χ4v) is 2.68. The molecule has 0 unspecified atom stereocenters. The summed E-state index contributed by atoms with van der Waals surface area (Å²) in [6.45, 7) is 1.66. The Morgan fingerprint density at radius 1 is 1.33 bits per heavy atom.